The summed E-state index contributed by atoms with van der Waals surface area (Å²) in [6.45, 7) is 3.15. The monoisotopic (exact) mass is 184 g/mol. The fourth-order valence-corrected chi connectivity index (χ4v) is 1.57. The number of aliphatic imine (C=N–C) groups is 1. The van der Waals surface area contributed by atoms with Gasteiger partial charge in [0.05, 0.1) is 11.2 Å². The molecule has 0 aromatic rings. The molecule has 66 valence electrons. The van der Waals surface area contributed by atoms with Gasteiger partial charge < -0.3 is 4.90 Å². The lowest BCUT2D eigenvalue weighted by Gasteiger charge is -2.29. The fraction of sp³-hybridized carbons (Fsp3) is 0.750. The van der Waals surface area contributed by atoms with E-state index in [-0.39, 0.29) is 11.9 Å². The highest BCUT2D eigenvalue weighted by Crippen LogP contribution is 2.12. The number of hydrogen-bond acceptors (Lipinski definition) is 3. The molecular formula is C8H12N2OS. The molecule has 0 aromatic heterocycles. The second-order valence-electron chi connectivity index (χ2n) is 2.98. The summed E-state index contributed by atoms with van der Waals surface area (Å²) >= 11 is 4.52. The van der Waals surface area contributed by atoms with Crippen molar-refractivity contribution < 1.29 is 4.79 Å². The van der Waals surface area contributed by atoms with Crippen LogP contribution in [0.2, 0.25) is 0 Å². The maximum atomic E-state index is 11.0. The number of piperidine rings is 1. The molecule has 0 saturated carbocycles. The molecule has 1 fully saturated rings. The number of rotatable bonds is 1. The summed E-state index contributed by atoms with van der Waals surface area (Å²) in [5, 5.41) is 2.37. The van der Waals surface area contributed by atoms with E-state index in [2.05, 4.69) is 22.4 Å². The Labute approximate surface area is 77.5 Å². The summed E-state index contributed by atoms with van der Waals surface area (Å²) in [7, 11) is 0. The zero-order chi connectivity index (χ0) is 8.97. The van der Waals surface area contributed by atoms with Crippen LogP contribution in [0.1, 0.15) is 19.8 Å². The molecule has 4 heteroatoms. The SMILES string of the molecule is CC(=O)N1CCC[C@H](N=C=S)C1. The lowest BCUT2D eigenvalue weighted by Crippen LogP contribution is -2.40. The van der Waals surface area contributed by atoms with E-state index < -0.39 is 0 Å². The minimum absolute atomic E-state index is 0.124. The van der Waals surface area contributed by atoms with Crippen molar-refractivity contribution in [3.63, 3.8) is 0 Å². The Balaban J connectivity index is 2.51. The second-order valence-corrected chi connectivity index (χ2v) is 3.16. The summed E-state index contributed by atoms with van der Waals surface area (Å²) in [5.74, 6) is 0.124. The van der Waals surface area contributed by atoms with Crippen molar-refractivity contribution in [2.75, 3.05) is 13.1 Å². The lowest BCUT2D eigenvalue weighted by molar-refractivity contribution is -0.129. The van der Waals surface area contributed by atoms with Crippen LogP contribution in [0, 0.1) is 0 Å². The number of amides is 1. The predicted molar refractivity (Wildman–Crippen MR) is 50.3 cm³/mol. The van der Waals surface area contributed by atoms with Gasteiger partial charge >= 0.3 is 0 Å². The van der Waals surface area contributed by atoms with Crippen molar-refractivity contribution >= 4 is 23.3 Å². The molecule has 0 aromatic carbocycles. The van der Waals surface area contributed by atoms with Crippen molar-refractivity contribution in [1.29, 1.82) is 0 Å². The van der Waals surface area contributed by atoms with Crippen molar-refractivity contribution in [2.24, 2.45) is 4.99 Å². The zero-order valence-electron chi connectivity index (χ0n) is 7.12. The third-order valence-corrected chi connectivity index (χ3v) is 2.18. The van der Waals surface area contributed by atoms with Gasteiger partial charge in [-0.3, -0.25) is 4.79 Å². The maximum Gasteiger partial charge on any atom is 0.219 e. The largest absolute Gasteiger partial charge is 0.341 e. The standard InChI is InChI=1S/C8H12N2OS/c1-7(11)10-4-2-3-8(5-10)9-6-12/h8H,2-5H2,1H3/t8-/m0/s1. The predicted octanol–water partition coefficient (Wildman–Crippen LogP) is 1.10. The minimum Gasteiger partial charge on any atom is -0.341 e. The third kappa shape index (κ3) is 2.40. The van der Waals surface area contributed by atoms with E-state index >= 15 is 0 Å². The molecule has 1 rings (SSSR count). The molecular weight excluding hydrogens is 172 g/mol. The smallest absolute Gasteiger partial charge is 0.219 e. The second kappa shape index (κ2) is 4.33. The van der Waals surface area contributed by atoms with E-state index in [1.165, 1.54) is 0 Å². The molecule has 0 spiro atoms. The minimum atomic E-state index is 0.124. The first-order chi connectivity index (χ1) is 5.74. The molecule has 1 amide bonds. The number of likely N-dealkylation sites (tertiary alicyclic amines) is 1. The van der Waals surface area contributed by atoms with E-state index in [1.807, 2.05) is 4.90 Å². The molecule has 0 radical (unpaired) electrons. The first kappa shape index (κ1) is 9.36. The molecule has 0 N–H and O–H groups in total. The zero-order valence-corrected chi connectivity index (χ0v) is 7.93. The number of hydrogen-bond donors (Lipinski definition) is 0. The summed E-state index contributed by atoms with van der Waals surface area (Å²) in [6.07, 6.45) is 2.04. The number of carbonyl (C=O) groups excluding carboxylic acids is 1. The van der Waals surface area contributed by atoms with Crippen molar-refractivity contribution in [1.82, 2.24) is 4.90 Å². The first-order valence-corrected chi connectivity index (χ1v) is 4.47. The summed E-state index contributed by atoms with van der Waals surface area (Å²) in [4.78, 5) is 16.8. The Morgan fingerprint density at radius 3 is 3.08 bits per heavy atom. The van der Waals surface area contributed by atoms with Gasteiger partial charge in [-0.25, -0.2) is 4.99 Å². The number of isothiocyanates is 1. The summed E-state index contributed by atoms with van der Waals surface area (Å²) in [5.41, 5.74) is 0. The third-order valence-electron chi connectivity index (χ3n) is 2.08. The highest BCUT2D eigenvalue weighted by molar-refractivity contribution is 7.78. The molecule has 1 aliphatic rings. The van der Waals surface area contributed by atoms with Gasteiger partial charge in [-0.05, 0) is 25.1 Å². The Bertz CT molecular complexity index is 215. The molecule has 0 aliphatic carbocycles. The Kier molecular flexibility index (Phi) is 3.38. The van der Waals surface area contributed by atoms with Gasteiger partial charge in [0.1, 0.15) is 0 Å². The summed E-state index contributed by atoms with van der Waals surface area (Å²) in [6, 6.07) is 0.181. The topological polar surface area (TPSA) is 32.7 Å². The number of nitrogens with zero attached hydrogens (tertiary/aromatic N) is 2. The van der Waals surface area contributed by atoms with Crippen LogP contribution in [0.4, 0.5) is 0 Å². The van der Waals surface area contributed by atoms with Gasteiger partial charge in [0.15, 0.2) is 0 Å². The molecule has 0 unspecified atom stereocenters. The molecule has 1 atom stereocenters. The van der Waals surface area contributed by atoms with Crippen molar-refractivity contribution in [3.8, 4) is 0 Å². The van der Waals surface area contributed by atoms with Crippen LogP contribution in [0.5, 0.6) is 0 Å². The van der Waals surface area contributed by atoms with Crippen LogP contribution in [0.25, 0.3) is 0 Å². The van der Waals surface area contributed by atoms with Gasteiger partial charge in [0.2, 0.25) is 5.91 Å². The molecule has 12 heavy (non-hydrogen) atoms. The normalized spacial score (nSPS) is 23.1. The van der Waals surface area contributed by atoms with Crippen LogP contribution in [0.3, 0.4) is 0 Å². The Morgan fingerprint density at radius 1 is 1.75 bits per heavy atom. The lowest BCUT2D eigenvalue weighted by atomic mass is 10.1. The quantitative estimate of drug-likeness (QED) is 0.451. The van der Waals surface area contributed by atoms with Crippen LogP contribution in [-0.2, 0) is 4.79 Å². The van der Waals surface area contributed by atoms with E-state index in [9.17, 15) is 4.79 Å². The summed E-state index contributed by atoms with van der Waals surface area (Å²) < 4.78 is 0. The molecule has 0 bridgehead atoms. The van der Waals surface area contributed by atoms with Crippen LogP contribution >= 0.6 is 12.2 Å². The molecule has 1 aliphatic heterocycles. The van der Waals surface area contributed by atoms with E-state index in [0.29, 0.717) is 6.54 Å². The van der Waals surface area contributed by atoms with E-state index in [1.54, 1.807) is 6.92 Å². The average Bonchev–Trinajstić information content (AvgIpc) is 2.05. The molecule has 1 heterocycles. The van der Waals surface area contributed by atoms with Crippen LogP contribution < -0.4 is 0 Å². The van der Waals surface area contributed by atoms with Crippen molar-refractivity contribution in [2.45, 2.75) is 25.8 Å². The number of thiocarbonyl (C=S) groups is 1. The molecule has 1 saturated heterocycles. The van der Waals surface area contributed by atoms with Gasteiger partial charge in [0.25, 0.3) is 0 Å². The van der Waals surface area contributed by atoms with Crippen molar-refractivity contribution in [3.05, 3.63) is 0 Å². The van der Waals surface area contributed by atoms with Crippen LogP contribution in [0.15, 0.2) is 4.99 Å². The van der Waals surface area contributed by atoms with Gasteiger partial charge in [-0.15, -0.1) is 0 Å². The van der Waals surface area contributed by atoms with Crippen LogP contribution in [-0.4, -0.2) is 35.1 Å². The maximum absolute atomic E-state index is 11.0. The van der Waals surface area contributed by atoms with E-state index in [0.717, 1.165) is 19.4 Å². The Hall–Kier alpha value is -0.730. The molecule has 3 nitrogen and oxygen atoms in total. The fourth-order valence-electron chi connectivity index (χ4n) is 1.42. The first-order valence-electron chi connectivity index (χ1n) is 4.06. The van der Waals surface area contributed by atoms with Gasteiger partial charge in [-0.1, -0.05) is 0 Å². The van der Waals surface area contributed by atoms with Gasteiger partial charge in [0, 0.05) is 20.0 Å². The average molecular weight is 184 g/mol. The Morgan fingerprint density at radius 2 is 2.50 bits per heavy atom. The number of carbonyl (C=O) groups is 1. The van der Waals surface area contributed by atoms with Gasteiger partial charge in [-0.2, -0.15) is 0 Å². The highest BCUT2D eigenvalue weighted by atomic mass is 32.1. The van der Waals surface area contributed by atoms with E-state index in [4.69, 9.17) is 0 Å². The highest BCUT2D eigenvalue weighted by Gasteiger charge is 2.20.